The SMILES string of the molecule is CC(N)Cc1ccc(C(=O)O)c(C(=O)O)c1. The molecule has 0 heterocycles. The Bertz CT molecular complexity index is 426. The number of benzene rings is 1. The maximum atomic E-state index is 10.9. The minimum atomic E-state index is -1.25. The molecule has 0 radical (unpaired) electrons. The van der Waals surface area contributed by atoms with Crippen LogP contribution in [0.2, 0.25) is 0 Å². The first-order valence-electron chi connectivity index (χ1n) is 4.77. The van der Waals surface area contributed by atoms with Crippen LogP contribution < -0.4 is 5.73 Å². The minimum Gasteiger partial charge on any atom is -0.478 e. The lowest BCUT2D eigenvalue weighted by molar-refractivity contribution is 0.0651. The van der Waals surface area contributed by atoms with Crippen molar-refractivity contribution in [2.45, 2.75) is 19.4 Å². The molecule has 5 nitrogen and oxygen atoms in total. The zero-order chi connectivity index (χ0) is 12.3. The van der Waals surface area contributed by atoms with Crippen LogP contribution in [0.3, 0.4) is 0 Å². The lowest BCUT2D eigenvalue weighted by Gasteiger charge is -2.07. The van der Waals surface area contributed by atoms with Crippen LogP contribution in [0.15, 0.2) is 18.2 Å². The van der Waals surface area contributed by atoms with Crippen molar-refractivity contribution in [3.05, 3.63) is 34.9 Å². The maximum absolute atomic E-state index is 10.9. The molecule has 0 aromatic heterocycles. The Kier molecular flexibility index (Phi) is 3.63. The molecule has 5 heteroatoms. The van der Waals surface area contributed by atoms with E-state index >= 15 is 0 Å². The molecule has 0 fully saturated rings. The Labute approximate surface area is 92.5 Å². The van der Waals surface area contributed by atoms with Gasteiger partial charge < -0.3 is 15.9 Å². The summed E-state index contributed by atoms with van der Waals surface area (Å²) in [6, 6.07) is 4.13. The van der Waals surface area contributed by atoms with Crippen LogP contribution in [0.4, 0.5) is 0 Å². The van der Waals surface area contributed by atoms with Crippen molar-refractivity contribution in [2.24, 2.45) is 5.73 Å². The van der Waals surface area contributed by atoms with Gasteiger partial charge in [0.05, 0.1) is 11.1 Å². The van der Waals surface area contributed by atoms with E-state index in [-0.39, 0.29) is 17.2 Å². The van der Waals surface area contributed by atoms with Gasteiger partial charge in [-0.05, 0) is 31.0 Å². The molecule has 1 unspecified atom stereocenters. The van der Waals surface area contributed by atoms with Gasteiger partial charge >= 0.3 is 11.9 Å². The predicted molar refractivity (Wildman–Crippen MR) is 57.7 cm³/mol. The highest BCUT2D eigenvalue weighted by Crippen LogP contribution is 2.13. The molecule has 0 spiro atoms. The molecule has 1 rings (SSSR count). The van der Waals surface area contributed by atoms with Crippen LogP contribution in [0.25, 0.3) is 0 Å². The second-order valence-corrected chi connectivity index (χ2v) is 3.67. The summed E-state index contributed by atoms with van der Waals surface area (Å²) in [5.74, 6) is -2.49. The lowest BCUT2D eigenvalue weighted by Crippen LogP contribution is -2.18. The highest BCUT2D eigenvalue weighted by Gasteiger charge is 2.16. The van der Waals surface area contributed by atoms with Crippen LogP contribution in [-0.2, 0) is 6.42 Å². The molecule has 86 valence electrons. The summed E-state index contributed by atoms with van der Waals surface area (Å²) in [6.45, 7) is 1.80. The lowest BCUT2D eigenvalue weighted by atomic mass is 10.0. The molecule has 16 heavy (non-hydrogen) atoms. The average molecular weight is 223 g/mol. The summed E-state index contributed by atoms with van der Waals surface area (Å²) in [4.78, 5) is 21.6. The number of hydrogen-bond acceptors (Lipinski definition) is 3. The molecule has 1 aromatic rings. The molecular weight excluding hydrogens is 210 g/mol. The molecule has 0 bridgehead atoms. The number of carboxylic acid groups (broad SMARTS) is 2. The van der Waals surface area contributed by atoms with Crippen molar-refractivity contribution in [1.82, 2.24) is 0 Å². The predicted octanol–water partition coefficient (Wildman–Crippen LogP) is 0.973. The summed E-state index contributed by atoms with van der Waals surface area (Å²) in [6.07, 6.45) is 0.514. The van der Waals surface area contributed by atoms with E-state index in [1.807, 2.05) is 0 Å². The topological polar surface area (TPSA) is 101 Å². The zero-order valence-corrected chi connectivity index (χ0v) is 8.80. The van der Waals surface area contributed by atoms with Gasteiger partial charge in [-0.2, -0.15) is 0 Å². The second-order valence-electron chi connectivity index (χ2n) is 3.67. The molecule has 0 aliphatic carbocycles. The monoisotopic (exact) mass is 223 g/mol. The summed E-state index contributed by atoms with van der Waals surface area (Å²) in [5.41, 5.74) is 5.89. The first-order chi connectivity index (χ1) is 7.41. The summed E-state index contributed by atoms with van der Waals surface area (Å²) < 4.78 is 0. The van der Waals surface area contributed by atoms with Gasteiger partial charge in [0.25, 0.3) is 0 Å². The van der Waals surface area contributed by atoms with Gasteiger partial charge in [-0.25, -0.2) is 9.59 Å². The van der Waals surface area contributed by atoms with Crippen molar-refractivity contribution in [3.8, 4) is 0 Å². The molecule has 0 amide bonds. The fraction of sp³-hybridized carbons (Fsp3) is 0.273. The first kappa shape index (κ1) is 12.2. The van der Waals surface area contributed by atoms with Gasteiger partial charge in [-0.1, -0.05) is 6.07 Å². The zero-order valence-electron chi connectivity index (χ0n) is 8.80. The van der Waals surface area contributed by atoms with Crippen LogP contribution in [-0.4, -0.2) is 28.2 Å². The van der Waals surface area contributed by atoms with Gasteiger partial charge in [0.2, 0.25) is 0 Å². The fourth-order valence-corrected chi connectivity index (χ4v) is 1.45. The summed E-state index contributed by atoms with van der Waals surface area (Å²) in [7, 11) is 0. The third-order valence-corrected chi connectivity index (χ3v) is 2.10. The van der Waals surface area contributed by atoms with E-state index in [2.05, 4.69) is 0 Å². The Morgan fingerprint density at radius 2 is 1.81 bits per heavy atom. The van der Waals surface area contributed by atoms with Crippen molar-refractivity contribution in [3.63, 3.8) is 0 Å². The number of aromatic carboxylic acids is 2. The van der Waals surface area contributed by atoms with E-state index in [4.69, 9.17) is 15.9 Å². The normalized spacial score (nSPS) is 12.1. The van der Waals surface area contributed by atoms with E-state index in [0.29, 0.717) is 6.42 Å². The number of carbonyl (C=O) groups is 2. The van der Waals surface area contributed by atoms with E-state index in [0.717, 1.165) is 5.56 Å². The van der Waals surface area contributed by atoms with Gasteiger partial charge in [-0.15, -0.1) is 0 Å². The van der Waals surface area contributed by atoms with Crippen LogP contribution in [0.1, 0.15) is 33.2 Å². The number of carboxylic acids is 2. The molecule has 1 aromatic carbocycles. The Morgan fingerprint density at radius 1 is 1.25 bits per heavy atom. The Morgan fingerprint density at radius 3 is 2.25 bits per heavy atom. The molecular formula is C11H13NO4. The van der Waals surface area contributed by atoms with E-state index in [9.17, 15) is 9.59 Å². The molecule has 4 N–H and O–H groups in total. The van der Waals surface area contributed by atoms with Crippen molar-refractivity contribution in [1.29, 1.82) is 0 Å². The largest absolute Gasteiger partial charge is 0.478 e. The molecule has 0 saturated heterocycles. The van der Waals surface area contributed by atoms with Crippen LogP contribution in [0.5, 0.6) is 0 Å². The molecule has 1 atom stereocenters. The number of hydrogen-bond donors (Lipinski definition) is 3. The van der Waals surface area contributed by atoms with Gasteiger partial charge in [-0.3, -0.25) is 0 Å². The van der Waals surface area contributed by atoms with Crippen molar-refractivity contribution >= 4 is 11.9 Å². The smallest absolute Gasteiger partial charge is 0.336 e. The highest BCUT2D eigenvalue weighted by atomic mass is 16.4. The first-order valence-corrected chi connectivity index (χ1v) is 4.77. The quantitative estimate of drug-likeness (QED) is 0.706. The minimum absolute atomic E-state index is 0.0997. The van der Waals surface area contributed by atoms with Crippen LogP contribution >= 0.6 is 0 Å². The van der Waals surface area contributed by atoms with Crippen molar-refractivity contribution < 1.29 is 19.8 Å². The third kappa shape index (κ3) is 2.80. The average Bonchev–Trinajstić information content (AvgIpc) is 2.16. The number of rotatable bonds is 4. The Hall–Kier alpha value is -1.88. The maximum Gasteiger partial charge on any atom is 0.336 e. The summed E-state index contributed by atoms with van der Waals surface area (Å²) >= 11 is 0. The molecule has 0 aliphatic rings. The van der Waals surface area contributed by atoms with E-state index < -0.39 is 11.9 Å². The number of nitrogens with two attached hydrogens (primary N) is 1. The molecule has 0 aliphatic heterocycles. The fourth-order valence-electron chi connectivity index (χ4n) is 1.45. The summed E-state index contributed by atoms with van der Waals surface area (Å²) in [5, 5.41) is 17.7. The van der Waals surface area contributed by atoms with E-state index in [1.54, 1.807) is 13.0 Å². The van der Waals surface area contributed by atoms with Gasteiger partial charge in [0.15, 0.2) is 0 Å². The standard InChI is InChI=1S/C11H13NO4/c1-6(12)4-7-2-3-8(10(13)14)9(5-7)11(15)16/h2-3,5-6H,4,12H2,1H3,(H,13,14)(H,15,16). The Balaban J connectivity index is 3.17. The van der Waals surface area contributed by atoms with Crippen LogP contribution in [0, 0.1) is 0 Å². The van der Waals surface area contributed by atoms with Gasteiger partial charge in [0, 0.05) is 6.04 Å². The molecule has 0 saturated carbocycles. The van der Waals surface area contributed by atoms with Crippen molar-refractivity contribution in [2.75, 3.05) is 0 Å². The highest BCUT2D eigenvalue weighted by molar-refractivity contribution is 6.01. The third-order valence-electron chi connectivity index (χ3n) is 2.10. The van der Waals surface area contributed by atoms with E-state index in [1.165, 1.54) is 12.1 Å². The van der Waals surface area contributed by atoms with Gasteiger partial charge in [0.1, 0.15) is 0 Å². The second kappa shape index (κ2) is 4.76.